The molecule has 8 heteroatoms. The molecule has 0 bridgehead atoms. The van der Waals surface area contributed by atoms with E-state index in [4.69, 9.17) is 20.8 Å². The first-order valence-electron chi connectivity index (χ1n) is 7.36. The van der Waals surface area contributed by atoms with Crippen LogP contribution in [0.1, 0.15) is 16.1 Å². The number of carbonyl (C=O) groups is 1. The van der Waals surface area contributed by atoms with Gasteiger partial charge < -0.3 is 9.15 Å². The topological polar surface area (TPSA) is 83.0 Å². The van der Waals surface area contributed by atoms with Gasteiger partial charge in [0.2, 0.25) is 5.76 Å². The van der Waals surface area contributed by atoms with Gasteiger partial charge in [-0.1, -0.05) is 23.7 Å². The number of carbonyl (C=O) groups excluding carboxylic acids is 1. The van der Waals surface area contributed by atoms with Crippen LogP contribution < -0.4 is 4.74 Å². The van der Waals surface area contributed by atoms with E-state index in [-0.39, 0.29) is 5.76 Å². The second kappa shape index (κ2) is 6.03. The summed E-state index contributed by atoms with van der Waals surface area (Å²) in [7, 11) is 0. The van der Waals surface area contributed by atoms with Crippen LogP contribution in [-0.4, -0.2) is 26.2 Å². The number of rotatable bonds is 3. The minimum Gasteiger partial charge on any atom is -0.447 e. The third-order valence-electron chi connectivity index (χ3n) is 3.76. The quantitative estimate of drug-likeness (QED) is 0.413. The highest BCUT2D eigenvalue weighted by Gasteiger charge is 2.21. The number of para-hydroxylation sites is 1. The Morgan fingerprint density at radius 1 is 1.20 bits per heavy atom. The van der Waals surface area contributed by atoms with E-state index in [0.29, 0.717) is 21.9 Å². The second-order valence-corrected chi connectivity index (χ2v) is 5.72. The Kier molecular flexibility index (Phi) is 3.70. The molecule has 0 radical (unpaired) electrons. The summed E-state index contributed by atoms with van der Waals surface area (Å²) in [6.45, 7) is 1.79. The third-order valence-corrected chi connectivity index (χ3v) is 4.06. The number of aromatic nitrogens is 4. The zero-order chi connectivity index (χ0) is 17.4. The first-order valence-corrected chi connectivity index (χ1v) is 7.74. The predicted molar refractivity (Wildman–Crippen MR) is 90.1 cm³/mol. The molecular formula is C17H11ClN4O3. The first kappa shape index (κ1) is 15.3. The molecule has 0 N–H and O–H groups in total. The zero-order valence-corrected chi connectivity index (χ0v) is 13.8. The second-order valence-electron chi connectivity index (χ2n) is 5.31. The number of furan rings is 1. The van der Waals surface area contributed by atoms with Crippen LogP contribution >= 0.6 is 11.6 Å². The van der Waals surface area contributed by atoms with E-state index >= 15 is 0 Å². The lowest BCUT2D eigenvalue weighted by molar-refractivity contribution is 0.0703. The lowest BCUT2D eigenvalue weighted by Crippen LogP contribution is -2.08. The van der Waals surface area contributed by atoms with E-state index in [0.717, 1.165) is 11.1 Å². The molecule has 0 saturated carbocycles. The van der Waals surface area contributed by atoms with Gasteiger partial charge in [-0.3, -0.25) is 0 Å². The average Bonchev–Trinajstić information content (AvgIpc) is 3.25. The lowest BCUT2D eigenvalue weighted by Gasteiger charge is -2.04. The molecule has 25 heavy (non-hydrogen) atoms. The fraction of sp³-hybridized carbons (Fsp3) is 0.0588. The third kappa shape index (κ3) is 2.74. The number of hydrogen-bond acceptors (Lipinski definition) is 6. The van der Waals surface area contributed by atoms with Crippen molar-refractivity contribution in [2.75, 3.05) is 0 Å². The summed E-state index contributed by atoms with van der Waals surface area (Å²) in [6.07, 6.45) is 1.47. The summed E-state index contributed by atoms with van der Waals surface area (Å²) in [5.74, 6) is -0.0691. The standard InChI is InChI=1S/C17H11ClN4O3/c1-10-13-3-2-4-14(18)16(13)25-15(10)17(23)24-12-7-5-11(6-8-12)22-9-19-20-21-22/h2-9H,1H3. The predicted octanol–water partition coefficient (Wildman–Crippen LogP) is 3.59. The molecule has 4 rings (SSSR count). The minimum atomic E-state index is -0.583. The molecule has 0 unspecified atom stereocenters. The Morgan fingerprint density at radius 3 is 2.68 bits per heavy atom. The van der Waals surface area contributed by atoms with Gasteiger partial charge in [0.05, 0.1) is 10.7 Å². The number of tetrazole rings is 1. The number of ether oxygens (including phenoxy) is 1. The molecule has 0 spiro atoms. The van der Waals surface area contributed by atoms with Crippen molar-refractivity contribution >= 4 is 28.5 Å². The number of hydrogen-bond donors (Lipinski definition) is 0. The molecule has 0 saturated heterocycles. The van der Waals surface area contributed by atoms with Gasteiger partial charge in [-0.2, -0.15) is 0 Å². The highest BCUT2D eigenvalue weighted by atomic mass is 35.5. The van der Waals surface area contributed by atoms with E-state index in [2.05, 4.69) is 15.5 Å². The van der Waals surface area contributed by atoms with Crippen molar-refractivity contribution in [2.24, 2.45) is 0 Å². The van der Waals surface area contributed by atoms with Crippen LogP contribution in [0.15, 0.2) is 53.2 Å². The fourth-order valence-electron chi connectivity index (χ4n) is 2.50. The molecule has 2 aromatic carbocycles. The number of fused-ring (bicyclic) bond motifs is 1. The van der Waals surface area contributed by atoms with Gasteiger partial charge >= 0.3 is 5.97 Å². The Labute approximate surface area is 146 Å². The molecule has 124 valence electrons. The summed E-state index contributed by atoms with van der Waals surface area (Å²) in [5, 5.41) is 12.2. The Hall–Kier alpha value is -3.19. The van der Waals surface area contributed by atoms with Crippen molar-refractivity contribution in [1.29, 1.82) is 0 Å². The summed E-state index contributed by atoms with van der Waals surface area (Å²) >= 11 is 6.11. The largest absolute Gasteiger partial charge is 0.447 e. The average molecular weight is 355 g/mol. The van der Waals surface area contributed by atoms with Crippen molar-refractivity contribution in [3.63, 3.8) is 0 Å². The molecule has 0 amide bonds. The van der Waals surface area contributed by atoms with Gasteiger partial charge in [0.1, 0.15) is 12.1 Å². The molecule has 4 aromatic rings. The van der Waals surface area contributed by atoms with Crippen LogP contribution in [0.4, 0.5) is 0 Å². The van der Waals surface area contributed by atoms with Crippen molar-refractivity contribution in [3.05, 3.63) is 65.1 Å². The maximum Gasteiger partial charge on any atom is 0.379 e. The van der Waals surface area contributed by atoms with E-state index in [1.165, 1.54) is 11.0 Å². The lowest BCUT2D eigenvalue weighted by atomic mass is 10.1. The van der Waals surface area contributed by atoms with Crippen LogP contribution in [0.5, 0.6) is 5.75 Å². The summed E-state index contributed by atoms with van der Waals surface area (Å²) < 4.78 is 12.5. The summed E-state index contributed by atoms with van der Waals surface area (Å²) in [6, 6.07) is 12.1. The zero-order valence-electron chi connectivity index (χ0n) is 13.0. The smallest absolute Gasteiger partial charge is 0.379 e. The summed E-state index contributed by atoms with van der Waals surface area (Å²) in [5.41, 5.74) is 1.91. The van der Waals surface area contributed by atoms with Gasteiger partial charge in [0.25, 0.3) is 0 Å². The SMILES string of the molecule is Cc1c(C(=O)Oc2ccc(-n3cnnn3)cc2)oc2c(Cl)cccc12. The van der Waals surface area contributed by atoms with E-state index in [1.54, 1.807) is 43.3 Å². The van der Waals surface area contributed by atoms with E-state index < -0.39 is 5.97 Å². The normalized spacial score (nSPS) is 11.0. The molecule has 0 atom stereocenters. The molecular weight excluding hydrogens is 344 g/mol. The number of nitrogens with zero attached hydrogens (tertiary/aromatic N) is 4. The van der Waals surface area contributed by atoms with Gasteiger partial charge in [-0.05, 0) is 47.7 Å². The van der Waals surface area contributed by atoms with E-state index in [1.807, 2.05) is 6.07 Å². The number of esters is 1. The van der Waals surface area contributed by atoms with Crippen LogP contribution in [0.25, 0.3) is 16.7 Å². The van der Waals surface area contributed by atoms with Crippen LogP contribution in [0, 0.1) is 6.92 Å². The fourth-order valence-corrected chi connectivity index (χ4v) is 2.72. The molecule has 0 aliphatic rings. The highest BCUT2D eigenvalue weighted by molar-refractivity contribution is 6.35. The van der Waals surface area contributed by atoms with E-state index in [9.17, 15) is 4.79 Å². The molecule has 0 aliphatic heterocycles. The van der Waals surface area contributed by atoms with Crippen LogP contribution in [0.2, 0.25) is 5.02 Å². The monoisotopic (exact) mass is 354 g/mol. The van der Waals surface area contributed by atoms with Gasteiger partial charge in [-0.25, -0.2) is 9.48 Å². The Balaban J connectivity index is 1.60. The molecule has 0 fully saturated rings. The highest BCUT2D eigenvalue weighted by Crippen LogP contribution is 2.31. The number of benzene rings is 2. The maximum absolute atomic E-state index is 12.4. The number of halogens is 1. The van der Waals surface area contributed by atoms with Gasteiger partial charge in [0.15, 0.2) is 5.58 Å². The Bertz CT molecular complexity index is 1060. The maximum atomic E-state index is 12.4. The van der Waals surface area contributed by atoms with Crippen molar-refractivity contribution in [3.8, 4) is 11.4 Å². The Morgan fingerprint density at radius 2 is 2.00 bits per heavy atom. The molecule has 7 nitrogen and oxygen atoms in total. The van der Waals surface area contributed by atoms with Crippen molar-refractivity contribution < 1.29 is 13.9 Å². The molecule has 2 heterocycles. The van der Waals surface area contributed by atoms with Crippen molar-refractivity contribution in [2.45, 2.75) is 6.92 Å². The van der Waals surface area contributed by atoms with Crippen LogP contribution in [0.3, 0.4) is 0 Å². The van der Waals surface area contributed by atoms with Crippen molar-refractivity contribution in [1.82, 2.24) is 20.2 Å². The van der Waals surface area contributed by atoms with Gasteiger partial charge in [-0.15, -0.1) is 5.10 Å². The minimum absolute atomic E-state index is 0.132. The summed E-state index contributed by atoms with van der Waals surface area (Å²) in [4.78, 5) is 12.4. The molecule has 2 aromatic heterocycles. The molecule has 0 aliphatic carbocycles. The van der Waals surface area contributed by atoms with Gasteiger partial charge in [0, 0.05) is 10.9 Å². The first-order chi connectivity index (χ1) is 12.1. The number of aryl methyl sites for hydroxylation is 1. The van der Waals surface area contributed by atoms with Crippen LogP contribution in [-0.2, 0) is 0 Å².